The van der Waals surface area contributed by atoms with Crippen molar-refractivity contribution in [1.29, 1.82) is 0 Å². The quantitative estimate of drug-likeness (QED) is 0.870. The smallest absolute Gasteiger partial charge is 0.244 e. The maximum Gasteiger partial charge on any atom is 0.244 e. The Bertz CT molecular complexity index is 644. The lowest BCUT2D eigenvalue weighted by Gasteiger charge is -2.37. The van der Waals surface area contributed by atoms with E-state index in [1.165, 1.54) is 0 Å². The standard InChI is InChI=1S/C18H24N4O2/c1-20(13-16(23)14-21-11-6-10-19-21)17-9-5-12-22(18(17)24)15-7-3-2-4-8-15/h2-4,6-8,10-11,16-17,23H,5,9,12-14H2,1H3/t16-,17-/m0/s1. The van der Waals surface area contributed by atoms with Crippen LogP contribution in [0.3, 0.4) is 0 Å². The molecule has 6 heteroatoms. The van der Waals surface area contributed by atoms with E-state index in [9.17, 15) is 9.90 Å². The lowest BCUT2D eigenvalue weighted by molar-refractivity contribution is -0.125. The van der Waals surface area contributed by atoms with Crippen LogP contribution in [0.2, 0.25) is 0 Å². The molecule has 2 heterocycles. The zero-order valence-electron chi connectivity index (χ0n) is 14.0. The van der Waals surface area contributed by atoms with E-state index in [-0.39, 0.29) is 11.9 Å². The maximum atomic E-state index is 12.9. The van der Waals surface area contributed by atoms with Crippen LogP contribution in [0.5, 0.6) is 0 Å². The molecule has 0 unspecified atom stereocenters. The number of benzene rings is 1. The molecule has 0 spiro atoms. The summed E-state index contributed by atoms with van der Waals surface area (Å²) < 4.78 is 1.71. The number of amides is 1. The number of carbonyl (C=O) groups is 1. The van der Waals surface area contributed by atoms with Crippen molar-refractivity contribution in [3.05, 3.63) is 48.8 Å². The molecule has 1 amide bonds. The van der Waals surface area contributed by atoms with Gasteiger partial charge in [-0.3, -0.25) is 14.4 Å². The Kier molecular flexibility index (Phi) is 5.27. The number of para-hydroxylation sites is 1. The summed E-state index contributed by atoms with van der Waals surface area (Å²) in [5, 5.41) is 14.4. The van der Waals surface area contributed by atoms with Gasteiger partial charge in [0.1, 0.15) is 0 Å². The molecule has 1 N–H and O–H groups in total. The third-order valence-corrected chi connectivity index (χ3v) is 4.47. The zero-order chi connectivity index (χ0) is 16.9. The molecule has 0 bridgehead atoms. The molecule has 1 aliphatic heterocycles. The molecule has 3 rings (SSSR count). The van der Waals surface area contributed by atoms with Gasteiger partial charge in [-0.15, -0.1) is 0 Å². The monoisotopic (exact) mass is 328 g/mol. The number of aromatic nitrogens is 2. The first-order valence-electron chi connectivity index (χ1n) is 8.37. The number of nitrogens with zero attached hydrogens (tertiary/aromatic N) is 4. The molecule has 0 radical (unpaired) electrons. The average Bonchev–Trinajstić information content (AvgIpc) is 3.08. The van der Waals surface area contributed by atoms with Gasteiger partial charge in [-0.1, -0.05) is 18.2 Å². The summed E-state index contributed by atoms with van der Waals surface area (Å²) in [6.45, 7) is 1.63. The van der Waals surface area contributed by atoms with Crippen molar-refractivity contribution in [2.24, 2.45) is 0 Å². The Hall–Kier alpha value is -2.18. The van der Waals surface area contributed by atoms with E-state index in [0.717, 1.165) is 25.1 Å². The Labute approximate surface area is 142 Å². The summed E-state index contributed by atoms with van der Waals surface area (Å²) in [5.74, 6) is 0.112. The molecule has 1 saturated heterocycles. The molecule has 0 saturated carbocycles. The van der Waals surface area contributed by atoms with Gasteiger partial charge >= 0.3 is 0 Å². The maximum absolute atomic E-state index is 12.9. The van der Waals surface area contributed by atoms with Crippen LogP contribution in [0.25, 0.3) is 0 Å². The topological polar surface area (TPSA) is 61.6 Å². The van der Waals surface area contributed by atoms with Crippen LogP contribution in [0, 0.1) is 0 Å². The van der Waals surface area contributed by atoms with Crippen molar-refractivity contribution < 1.29 is 9.90 Å². The lowest BCUT2D eigenvalue weighted by atomic mass is 10.0. The normalized spacial score (nSPS) is 19.7. The molecular weight excluding hydrogens is 304 g/mol. The summed E-state index contributed by atoms with van der Waals surface area (Å²) in [5.41, 5.74) is 0.942. The number of hydrogen-bond acceptors (Lipinski definition) is 4. The van der Waals surface area contributed by atoms with Crippen molar-refractivity contribution in [3.63, 3.8) is 0 Å². The fourth-order valence-electron chi connectivity index (χ4n) is 3.27. The van der Waals surface area contributed by atoms with Crippen LogP contribution in [0.1, 0.15) is 12.8 Å². The Morgan fingerprint density at radius 1 is 1.33 bits per heavy atom. The minimum absolute atomic E-state index is 0.112. The first-order chi connectivity index (χ1) is 11.6. The minimum atomic E-state index is -0.560. The number of hydrogen-bond donors (Lipinski definition) is 1. The first-order valence-corrected chi connectivity index (χ1v) is 8.37. The number of anilines is 1. The molecule has 1 aromatic carbocycles. The average molecular weight is 328 g/mol. The summed E-state index contributed by atoms with van der Waals surface area (Å²) in [7, 11) is 1.91. The molecule has 1 aromatic heterocycles. The van der Waals surface area contributed by atoms with Gasteiger partial charge in [-0.2, -0.15) is 5.10 Å². The summed E-state index contributed by atoms with van der Waals surface area (Å²) in [6, 6.07) is 11.4. The number of carbonyl (C=O) groups excluding carboxylic acids is 1. The second kappa shape index (κ2) is 7.59. The second-order valence-electron chi connectivity index (χ2n) is 6.30. The Morgan fingerprint density at radius 3 is 2.83 bits per heavy atom. The number of likely N-dealkylation sites (N-methyl/N-ethyl adjacent to an activating group) is 1. The van der Waals surface area contributed by atoms with E-state index in [0.29, 0.717) is 13.1 Å². The second-order valence-corrected chi connectivity index (χ2v) is 6.30. The Balaban J connectivity index is 1.61. The fraction of sp³-hybridized carbons (Fsp3) is 0.444. The predicted octanol–water partition coefficient (Wildman–Crippen LogP) is 1.37. The van der Waals surface area contributed by atoms with Gasteiger partial charge in [0, 0.05) is 31.2 Å². The van der Waals surface area contributed by atoms with E-state index in [4.69, 9.17) is 0 Å². The van der Waals surface area contributed by atoms with E-state index >= 15 is 0 Å². The number of aliphatic hydroxyl groups is 1. The summed E-state index contributed by atoms with van der Waals surface area (Å²) >= 11 is 0. The number of rotatable bonds is 6. The van der Waals surface area contributed by atoms with Crippen molar-refractivity contribution in [2.45, 2.75) is 31.5 Å². The number of piperidine rings is 1. The molecule has 1 aliphatic rings. The molecule has 2 atom stereocenters. The van der Waals surface area contributed by atoms with Crippen molar-refractivity contribution in [2.75, 3.05) is 25.0 Å². The SMILES string of the molecule is CN(C[C@H](O)Cn1cccn1)[C@H]1CCCN(c2ccccc2)C1=O. The molecule has 128 valence electrons. The van der Waals surface area contributed by atoms with Gasteiger partial charge in [-0.05, 0) is 38.1 Å². The fourth-order valence-corrected chi connectivity index (χ4v) is 3.27. The van der Waals surface area contributed by atoms with Gasteiger partial charge in [0.05, 0.1) is 18.7 Å². The van der Waals surface area contributed by atoms with Crippen LogP contribution in [0.15, 0.2) is 48.8 Å². The molecule has 6 nitrogen and oxygen atoms in total. The van der Waals surface area contributed by atoms with Gasteiger partial charge in [0.2, 0.25) is 5.91 Å². The zero-order valence-corrected chi connectivity index (χ0v) is 14.0. The van der Waals surface area contributed by atoms with Crippen LogP contribution in [-0.4, -0.2) is 58.0 Å². The van der Waals surface area contributed by atoms with E-state index < -0.39 is 6.10 Å². The highest BCUT2D eigenvalue weighted by Gasteiger charge is 2.33. The molecular formula is C18H24N4O2. The van der Waals surface area contributed by atoms with Crippen molar-refractivity contribution >= 4 is 11.6 Å². The predicted molar refractivity (Wildman–Crippen MR) is 92.7 cm³/mol. The summed E-state index contributed by atoms with van der Waals surface area (Å²) in [6.07, 6.45) is 4.75. The van der Waals surface area contributed by atoms with Gasteiger partial charge in [0.15, 0.2) is 0 Å². The van der Waals surface area contributed by atoms with Gasteiger partial charge < -0.3 is 10.0 Å². The number of aliphatic hydroxyl groups excluding tert-OH is 1. The van der Waals surface area contributed by atoms with E-state index in [2.05, 4.69) is 5.10 Å². The molecule has 2 aromatic rings. The van der Waals surface area contributed by atoms with Crippen LogP contribution < -0.4 is 4.90 Å². The van der Waals surface area contributed by atoms with Crippen LogP contribution in [-0.2, 0) is 11.3 Å². The highest BCUT2D eigenvalue weighted by molar-refractivity contribution is 5.97. The highest BCUT2D eigenvalue weighted by atomic mass is 16.3. The minimum Gasteiger partial charge on any atom is -0.390 e. The molecule has 0 aliphatic carbocycles. The van der Waals surface area contributed by atoms with E-state index in [1.807, 2.05) is 59.4 Å². The summed E-state index contributed by atoms with van der Waals surface area (Å²) in [4.78, 5) is 16.7. The molecule has 1 fully saturated rings. The van der Waals surface area contributed by atoms with Gasteiger partial charge in [0.25, 0.3) is 0 Å². The third-order valence-electron chi connectivity index (χ3n) is 4.47. The van der Waals surface area contributed by atoms with Crippen molar-refractivity contribution in [1.82, 2.24) is 14.7 Å². The van der Waals surface area contributed by atoms with Crippen LogP contribution in [0.4, 0.5) is 5.69 Å². The third kappa shape index (κ3) is 3.83. The Morgan fingerprint density at radius 2 is 2.12 bits per heavy atom. The van der Waals surface area contributed by atoms with E-state index in [1.54, 1.807) is 10.9 Å². The van der Waals surface area contributed by atoms with Crippen molar-refractivity contribution in [3.8, 4) is 0 Å². The van der Waals surface area contributed by atoms with Crippen LogP contribution >= 0.6 is 0 Å². The lowest BCUT2D eigenvalue weighted by Crippen LogP contribution is -2.53. The largest absolute Gasteiger partial charge is 0.390 e. The highest BCUT2D eigenvalue weighted by Crippen LogP contribution is 2.23. The first kappa shape index (κ1) is 16.7. The molecule has 24 heavy (non-hydrogen) atoms. The van der Waals surface area contributed by atoms with Gasteiger partial charge in [-0.25, -0.2) is 0 Å².